The second-order valence-corrected chi connectivity index (χ2v) is 7.52. The Kier molecular flexibility index (Phi) is 7.45. The minimum atomic E-state index is -4.52. The summed E-state index contributed by atoms with van der Waals surface area (Å²) < 4.78 is 41.2. The molecular weight excluding hydrogens is 441 g/mol. The van der Waals surface area contributed by atoms with Crippen LogP contribution in [0.25, 0.3) is 0 Å². The Hall–Kier alpha value is -2.92. The third-order valence-electron chi connectivity index (χ3n) is 3.70. The van der Waals surface area contributed by atoms with E-state index in [0.29, 0.717) is 11.3 Å². The van der Waals surface area contributed by atoms with E-state index in [1.165, 1.54) is 38.2 Å². The summed E-state index contributed by atoms with van der Waals surface area (Å²) in [6.45, 7) is 2.70. The minimum Gasteiger partial charge on any atom is -0.467 e. The highest BCUT2D eigenvalue weighted by Gasteiger charge is 2.29. The number of amides is 2. The van der Waals surface area contributed by atoms with Crippen molar-refractivity contribution in [3.05, 3.63) is 46.2 Å². The van der Waals surface area contributed by atoms with Crippen LogP contribution in [-0.4, -0.2) is 45.3 Å². The topological polar surface area (TPSA) is 113 Å². The molecule has 2 rings (SSSR count). The Morgan fingerprint density at radius 2 is 1.90 bits per heavy atom. The smallest absolute Gasteiger partial charge is 0.422 e. The third-order valence-corrected chi connectivity index (χ3v) is 3.97. The zero-order valence-corrected chi connectivity index (χ0v) is 17.6. The third kappa shape index (κ3) is 7.68. The average molecular weight is 461 g/mol. The highest BCUT2D eigenvalue weighted by Crippen LogP contribution is 2.25. The van der Waals surface area contributed by atoms with Gasteiger partial charge in [-0.15, -0.1) is 0 Å². The molecule has 0 atom stereocenters. The lowest BCUT2D eigenvalue weighted by molar-refractivity contribution is -0.154. The van der Waals surface area contributed by atoms with Gasteiger partial charge in [0.05, 0.1) is 0 Å². The molecule has 8 nitrogen and oxygen atoms in total. The van der Waals surface area contributed by atoms with Crippen LogP contribution in [0.3, 0.4) is 0 Å². The Bertz CT molecular complexity index is 978. The Morgan fingerprint density at radius 1 is 1.23 bits per heavy atom. The van der Waals surface area contributed by atoms with Crippen LogP contribution >= 0.6 is 11.6 Å². The van der Waals surface area contributed by atoms with E-state index < -0.39 is 30.2 Å². The standard InChI is InChI=1S/C19H20ClF3N4O4/c1-10-4-12(6-14(26-10)27-17(29)18(2,3)30)15(28)24-7-11-5-13(20)16(25-8-11)31-9-19(21,22)23/h4-6,8,30H,7,9H2,1-3H3,(H,24,28)(H,26,27,29). The van der Waals surface area contributed by atoms with Crippen LogP contribution in [0, 0.1) is 6.92 Å². The summed E-state index contributed by atoms with van der Waals surface area (Å²) >= 11 is 5.88. The van der Waals surface area contributed by atoms with Gasteiger partial charge < -0.3 is 20.5 Å². The van der Waals surface area contributed by atoms with Crippen LogP contribution in [0.15, 0.2) is 24.4 Å². The van der Waals surface area contributed by atoms with E-state index >= 15 is 0 Å². The summed E-state index contributed by atoms with van der Waals surface area (Å²) in [6, 6.07) is 4.16. The lowest BCUT2D eigenvalue weighted by Crippen LogP contribution is -2.37. The number of nitrogens with one attached hydrogen (secondary N) is 2. The lowest BCUT2D eigenvalue weighted by atomic mass is 10.1. The van der Waals surface area contributed by atoms with Crippen molar-refractivity contribution in [1.82, 2.24) is 15.3 Å². The maximum Gasteiger partial charge on any atom is 0.422 e. The molecule has 12 heteroatoms. The number of aromatic nitrogens is 2. The average Bonchev–Trinajstić information content (AvgIpc) is 2.63. The summed E-state index contributed by atoms with van der Waals surface area (Å²) in [6.07, 6.45) is -3.30. The molecule has 0 unspecified atom stereocenters. The molecular formula is C19H20ClF3N4O4. The van der Waals surface area contributed by atoms with Gasteiger partial charge in [-0.3, -0.25) is 9.59 Å². The van der Waals surface area contributed by atoms with Gasteiger partial charge in [-0.25, -0.2) is 9.97 Å². The normalized spacial score (nSPS) is 11.7. The molecule has 0 bridgehead atoms. The second kappa shape index (κ2) is 9.48. The molecule has 0 radical (unpaired) electrons. The highest BCUT2D eigenvalue weighted by molar-refractivity contribution is 6.31. The van der Waals surface area contributed by atoms with Crippen LogP contribution in [-0.2, 0) is 11.3 Å². The van der Waals surface area contributed by atoms with Crippen molar-refractivity contribution in [2.45, 2.75) is 39.1 Å². The number of nitrogens with zero attached hydrogens (tertiary/aromatic N) is 2. The molecule has 2 aromatic heterocycles. The highest BCUT2D eigenvalue weighted by atomic mass is 35.5. The number of aryl methyl sites for hydroxylation is 1. The first kappa shape index (κ1) is 24.4. The molecule has 0 spiro atoms. The Labute approximate surface area is 180 Å². The first-order valence-corrected chi connectivity index (χ1v) is 9.27. The number of carbonyl (C=O) groups is 2. The number of aliphatic hydroxyl groups is 1. The maximum absolute atomic E-state index is 12.5. The van der Waals surface area contributed by atoms with E-state index in [2.05, 4.69) is 25.3 Å². The Morgan fingerprint density at radius 3 is 2.48 bits per heavy atom. The van der Waals surface area contributed by atoms with E-state index in [9.17, 15) is 27.9 Å². The van der Waals surface area contributed by atoms with Gasteiger partial charge in [0.25, 0.3) is 11.8 Å². The number of alkyl halides is 3. The Balaban J connectivity index is 2.04. The van der Waals surface area contributed by atoms with Crippen molar-refractivity contribution in [3.63, 3.8) is 0 Å². The summed E-state index contributed by atoms with van der Waals surface area (Å²) in [5, 5.41) is 14.6. The predicted octanol–water partition coefficient (Wildman–Crippen LogP) is 3.02. The SMILES string of the molecule is Cc1cc(C(=O)NCc2cnc(OCC(F)(F)F)c(Cl)c2)cc(NC(=O)C(C)(C)O)n1. The van der Waals surface area contributed by atoms with Gasteiger partial charge >= 0.3 is 6.18 Å². The van der Waals surface area contributed by atoms with E-state index in [0.717, 1.165) is 0 Å². The number of halogens is 4. The minimum absolute atomic E-state index is 0.0160. The molecule has 0 aliphatic heterocycles. The largest absolute Gasteiger partial charge is 0.467 e. The number of hydrogen-bond donors (Lipinski definition) is 3. The van der Waals surface area contributed by atoms with E-state index in [4.69, 9.17) is 11.6 Å². The maximum atomic E-state index is 12.5. The first-order valence-electron chi connectivity index (χ1n) is 8.89. The van der Waals surface area contributed by atoms with E-state index in [1.807, 2.05) is 0 Å². The van der Waals surface area contributed by atoms with E-state index in [1.54, 1.807) is 6.92 Å². The molecule has 0 saturated heterocycles. The predicted molar refractivity (Wildman–Crippen MR) is 106 cm³/mol. The molecule has 0 fully saturated rings. The van der Waals surface area contributed by atoms with Gasteiger partial charge in [-0.05, 0) is 44.5 Å². The monoisotopic (exact) mass is 460 g/mol. The van der Waals surface area contributed by atoms with Crippen molar-refractivity contribution in [2.75, 3.05) is 11.9 Å². The van der Waals surface area contributed by atoms with Gasteiger partial charge in [0.1, 0.15) is 16.4 Å². The van der Waals surface area contributed by atoms with Crippen LogP contribution < -0.4 is 15.4 Å². The van der Waals surface area contributed by atoms with Crippen molar-refractivity contribution in [1.29, 1.82) is 0 Å². The fraction of sp³-hybridized carbons (Fsp3) is 0.368. The van der Waals surface area contributed by atoms with Crippen LogP contribution in [0.2, 0.25) is 5.02 Å². The van der Waals surface area contributed by atoms with Crippen LogP contribution in [0.4, 0.5) is 19.0 Å². The number of anilines is 1. The number of pyridine rings is 2. The van der Waals surface area contributed by atoms with Crippen LogP contribution in [0.5, 0.6) is 5.88 Å². The number of rotatable bonds is 7. The summed E-state index contributed by atoms with van der Waals surface area (Å²) in [7, 11) is 0. The van der Waals surface area contributed by atoms with Gasteiger partial charge in [-0.1, -0.05) is 11.6 Å². The summed E-state index contributed by atoms with van der Waals surface area (Å²) in [4.78, 5) is 32.2. The van der Waals surface area contributed by atoms with Gasteiger partial charge in [0.2, 0.25) is 5.88 Å². The zero-order chi connectivity index (χ0) is 23.4. The summed E-state index contributed by atoms with van der Waals surface area (Å²) in [5.41, 5.74) is -0.549. The molecule has 0 saturated carbocycles. The van der Waals surface area contributed by atoms with Crippen molar-refractivity contribution in [3.8, 4) is 5.88 Å². The molecule has 2 heterocycles. The lowest BCUT2D eigenvalue weighted by Gasteiger charge is -2.16. The number of ether oxygens (including phenoxy) is 1. The van der Waals surface area contributed by atoms with Crippen molar-refractivity contribution in [2.24, 2.45) is 0 Å². The van der Waals surface area contributed by atoms with E-state index in [-0.39, 0.29) is 28.8 Å². The molecule has 168 valence electrons. The number of hydrogen-bond acceptors (Lipinski definition) is 6. The van der Waals surface area contributed by atoms with Crippen molar-refractivity contribution < 1.29 is 32.6 Å². The molecule has 0 aliphatic carbocycles. The fourth-order valence-electron chi connectivity index (χ4n) is 2.24. The quantitative estimate of drug-likeness (QED) is 0.585. The van der Waals surface area contributed by atoms with Crippen LogP contribution in [0.1, 0.15) is 35.5 Å². The fourth-order valence-corrected chi connectivity index (χ4v) is 2.48. The van der Waals surface area contributed by atoms with Gasteiger partial charge in [0, 0.05) is 24.0 Å². The van der Waals surface area contributed by atoms with Crippen molar-refractivity contribution >= 4 is 29.2 Å². The molecule has 0 aromatic carbocycles. The first-order chi connectivity index (χ1) is 14.2. The van der Waals surface area contributed by atoms with Gasteiger partial charge in [-0.2, -0.15) is 13.2 Å². The summed E-state index contributed by atoms with van der Waals surface area (Å²) in [5.74, 6) is -1.47. The van der Waals surface area contributed by atoms with Gasteiger partial charge in [0.15, 0.2) is 6.61 Å². The molecule has 2 amide bonds. The molecule has 2 aromatic rings. The zero-order valence-electron chi connectivity index (χ0n) is 16.8. The number of carbonyl (C=O) groups excluding carboxylic acids is 2. The molecule has 31 heavy (non-hydrogen) atoms. The molecule has 0 aliphatic rings. The second-order valence-electron chi connectivity index (χ2n) is 7.11. The molecule has 3 N–H and O–H groups in total.